The molecule has 19 heavy (non-hydrogen) atoms. The minimum atomic E-state index is -3.57. The molecule has 0 amide bonds. The predicted octanol–water partition coefficient (Wildman–Crippen LogP) is 0.337. The van der Waals surface area contributed by atoms with Gasteiger partial charge in [-0.05, 0) is 37.2 Å². The Hall–Kier alpha value is -1.15. The second kappa shape index (κ2) is 7.44. The van der Waals surface area contributed by atoms with E-state index < -0.39 is 10.0 Å². The molecule has 0 aliphatic rings. The summed E-state index contributed by atoms with van der Waals surface area (Å²) in [4.78, 5) is 0.187. The smallest absolute Gasteiger partial charge is 0.240 e. The van der Waals surface area contributed by atoms with Crippen LogP contribution >= 0.6 is 0 Å². The molecule has 0 fully saturated rings. The van der Waals surface area contributed by atoms with Crippen LogP contribution in [0.1, 0.15) is 6.42 Å². The van der Waals surface area contributed by atoms with Crippen molar-refractivity contribution in [3.05, 3.63) is 24.3 Å². The van der Waals surface area contributed by atoms with E-state index in [4.69, 9.17) is 15.2 Å². The second-order valence-electron chi connectivity index (χ2n) is 4.03. The molecule has 0 aliphatic carbocycles. The monoisotopic (exact) mass is 288 g/mol. The van der Waals surface area contributed by atoms with E-state index in [0.29, 0.717) is 18.7 Å². The highest BCUT2D eigenvalue weighted by Crippen LogP contribution is 2.15. The minimum Gasteiger partial charge on any atom is -0.497 e. The summed E-state index contributed by atoms with van der Waals surface area (Å²) in [5.41, 5.74) is 5.45. The third-order valence-corrected chi connectivity index (χ3v) is 4.11. The van der Waals surface area contributed by atoms with E-state index >= 15 is 0 Å². The zero-order chi connectivity index (χ0) is 14.3. The summed E-state index contributed by atoms with van der Waals surface area (Å²) in [6, 6.07) is 5.86. The number of nitrogens with one attached hydrogen (secondary N) is 1. The van der Waals surface area contributed by atoms with Gasteiger partial charge in [-0.3, -0.25) is 0 Å². The molecular formula is C12H20N2O4S. The number of methoxy groups -OCH3 is 2. The van der Waals surface area contributed by atoms with Gasteiger partial charge in [0, 0.05) is 13.2 Å². The molecule has 0 saturated heterocycles. The summed E-state index contributed by atoms with van der Waals surface area (Å²) in [5.74, 6) is 0.606. The van der Waals surface area contributed by atoms with Crippen LogP contribution in [-0.4, -0.2) is 41.8 Å². The maximum absolute atomic E-state index is 12.1. The molecule has 0 aromatic heterocycles. The first kappa shape index (κ1) is 15.9. The van der Waals surface area contributed by atoms with Gasteiger partial charge in [-0.2, -0.15) is 0 Å². The Morgan fingerprint density at radius 2 is 1.89 bits per heavy atom. The van der Waals surface area contributed by atoms with Crippen LogP contribution in [0.4, 0.5) is 0 Å². The van der Waals surface area contributed by atoms with E-state index in [1.165, 1.54) is 26.4 Å². The van der Waals surface area contributed by atoms with Crippen LogP contribution in [-0.2, 0) is 14.8 Å². The average Bonchev–Trinajstić information content (AvgIpc) is 2.39. The number of hydrogen-bond donors (Lipinski definition) is 2. The van der Waals surface area contributed by atoms with E-state index in [1.807, 2.05) is 0 Å². The first-order valence-electron chi connectivity index (χ1n) is 5.89. The Kier molecular flexibility index (Phi) is 6.23. The number of hydrogen-bond acceptors (Lipinski definition) is 5. The van der Waals surface area contributed by atoms with E-state index in [9.17, 15) is 8.42 Å². The quantitative estimate of drug-likeness (QED) is 0.719. The Morgan fingerprint density at radius 3 is 2.37 bits per heavy atom. The highest BCUT2D eigenvalue weighted by Gasteiger charge is 2.19. The van der Waals surface area contributed by atoms with Crippen LogP contribution in [0, 0.1) is 0 Å². The summed E-state index contributed by atoms with van der Waals surface area (Å²) in [5, 5.41) is 0. The van der Waals surface area contributed by atoms with Crippen molar-refractivity contribution in [2.45, 2.75) is 17.4 Å². The van der Waals surface area contributed by atoms with Gasteiger partial charge < -0.3 is 15.2 Å². The molecule has 1 atom stereocenters. The highest BCUT2D eigenvalue weighted by atomic mass is 32.2. The van der Waals surface area contributed by atoms with Crippen LogP contribution in [0.5, 0.6) is 5.75 Å². The number of ether oxygens (including phenoxy) is 2. The number of rotatable bonds is 8. The largest absolute Gasteiger partial charge is 0.497 e. The van der Waals surface area contributed by atoms with Gasteiger partial charge in [-0.15, -0.1) is 0 Å². The fraction of sp³-hybridized carbons (Fsp3) is 0.500. The first-order chi connectivity index (χ1) is 9.03. The highest BCUT2D eigenvalue weighted by molar-refractivity contribution is 7.89. The van der Waals surface area contributed by atoms with Gasteiger partial charge in [0.25, 0.3) is 0 Å². The fourth-order valence-corrected chi connectivity index (χ4v) is 2.88. The molecule has 1 unspecified atom stereocenters. The zero-order valence-corrected chi connectivity index (χ0v) is 11.9. The molecule has 7 heteroatoms. The molecular weight excluding hydrogens is 268 g/mol. The summed E-state index contributed by atoms with van der Waals surface area (Å²) in [6.07, 6.45) is 0.517. The van der Waals surface area contributed by atoms with Gasteiger partial charge in [-0.25, -0.2) is 13.1 Å². The van der Waals surface area contributed by atoms with Crippen LogP contribution < -0.4 is 15.2 Å². The van der Waals surface area contributed by atoms with Gasteiger partial charge in [0.2, 0.25) is 10.0 Å². The lowest BCUT2D eigenvalue weighted by Gasteiger charge is -2.17. The topological polar surface area (TPSA) is 90.6 Å². The molecule has 108 valence electrons. The molecule has 1 aromatic rings. The lowest BCUT2D eigenvalue weighted by Crippen LogP contribution is -2.39. The van der Waals surface area contributed by atoms with E-state index in [2.05, 4.69) is 4.72 Å². The molecule has 6 nitrogen and oxygen atoms in total. The van der Waals surface area contributed by atoms with Gasteiger partial charge in [0.1, 0.15) is 5.75 Å². The molecule has 0 radical (unpaired) electrons. The van der Waals surface area contributed by atoms with Crippen molar-refractivity contribution >= 4 is 10.0 Å². The Bertz CT molecular complexity index is 467. The zero-order valence-electron chi connectivity index (χ0n) is 11.1. The number of sulfonamides is 1. The Labute approximate surface area is 113 Å². The van der Waals surface area contributed by atoms with Gasteiger partial charge in [0.15, 0.2) is 0 Å². The molecule has 1 rings (SSSR count). The normalized spacial score (nSPS) is 13.2. The summed E-state index contributed by atoms with van der Waals surface area (Å²) >= 11 is 0. The SMILES string of the molecule is COCC(CCN)NS(=O)(=O)c1ccc(OC)cc1. The molecule has 0 aliphatic heterocycles. The van der Waals surface area contributed by atoms with Crippen LogP contribution in [0.25, 0.3) is 0 Å². The molecule has 0 heterocycles. The summed E-state index contributed by atoms with van der Waals surface area (Å²) in [6.45, 7) is 0.672. The predicted molar refractivity (Wildman–Crippen MR) is 72.7 cm³/mol. The third-order valence-electron chi connectivity index (χ3n) is 2.57. The van der Waals surface area contributed by atoms with Crippen molar-refractivity contribution in [2.75, 3.05) is 27.4 Å². The lowest BCUT2D eigenvalue weighted by atomic mass is 10.2. The van der Waals surface area contributed by atoms with Crippen LogP contribution in [0.2, 0.25) is 0 Å². The van der Waals surface area contributed by atoms with Crippen molar-refractivity contribution in [3.8, 4) is 5.75 Å². The summed E-state index contributed by atoms with van der Waals surface area (Å²) < 4.78 is 36.8. The van der Waals surface area contributed by atoms with Crippen LogP contribution in [0.15, 0.2) is 29.2 Å². The maximum Gasteiger partial charge on any atom is 0.240 e. The molecule has 1 aromatic carbocycles. The molecule has 0 spiro atoms. The first-order valence-corrected chi connectivity index (χ1v) is 7.37. The van der Waals surface area contributed by atoms with Gasteiger partial charge >= 0.3 is 0 Å². The van der Waals surface area contributed by atoms with Crippen molar-refractivity contribution in [3.63, 3.8) is 0 Å². The maximum atomic E-state index is 12.1. The van der Waals surface area contributed by atoms with Gasteiger partial charge in [0.05, 0.1) is 18.6 Å². The van der Waals surface area contributed by atoms with Crippen LogP contribution in [0.3, 0.4) is 0 Å². The Morgan fingerprint density at radius 1 is 1.26 bits per heavy atom. The molecule has 0 saturated carbocycles. The molecule has 0 bridgehead atoms. The summed E-state index contributed by atoms with van der Waals surface area (Å²) in [7, 11) is -0.526. The second-order valence-corrected chi connectivity index (χ2v) is 5.74. The van der Waals surface area contributed by atoms with E-state index in [-0.39, 0.29) is 17.5 Å². The standard InChI is InChI=1S/C12H20N2O4S/c1-17-9-10(7-8-13)14-19(15,16)12-5-3-11(18-2)4-6-12/h3-6,10,14H,7-9,13H2,1-2H3. The van der Waals surface area contributed by atoms with Gasteiger partial charge in [-0.1, -0.05) is 0 Å². The van der Waals surface area contributed by atoms with Crippen molar-refractivity contribution < 1.29 is 17.9 Å². The Balaban J connectivity index is 2.83. The number of benzene rings is 1. The number of nitrogens with two attached hydrogens (primary N) is 1. The van der Waals surface area contributed by atoms with Crippen molar-refractivity contribution in [2.24, 2.45) is 5.73 Å². The third kappa shape index (κ3) is 4.79. The van der Waals surface area contributed by atoms with E-state index in [1.54, 1.807) is 12.1 Å². The average molecular weight is 288 g/mol. The van der Waals surface area contributed by atoms with Crippen molar-refractivity contribution in [1.82, 2.24) is 4.72 Å². The lowest BCUT2D eigenvalue weighted by molar-refractivity contribution is 0.172. The molecule has 3 N–H and O–H groups in total. The fourth-order valence-electron chi connectivity index (χ4n) is 1.62. The van der Waals surface area contributed by atoms with E-state index in [0.717, 1.165) is 0 Å². The minimum absolute atomic E-state index is 0.187. The van der Waals surface area contributed by atoms with Crippen molar-refractivity contribution in [1.29, 1.82) is 0 Å².